The van der Waals surface area contributed by atoms with E-state index in [2.05, 4.69) is 15.3 Å². The van der Waals surface area contributed by atoms with Gasteiger partial charge in [-0.05, 0) is 26.0 Å². The molecule has 2 aromatic rings. The fourth-order valence-corrected chi connectivity index (χ4v) is 1.96. The Hall–Kier alpha value is -2.37. The lowest BCUT2D eigenvalue weighted by molar-refractivity contribution is -0.130. The molecule has 0 aliphatic rings. The van der Waals surface area contributed by atoms with Gasteiger partial charge in [0, 0.05) is 19.0 Å². The van der Waals surface area contributed by atoms with Gasteiger partial charge in [-0.3, -0.25) is 4.79 Å². The lowest BCUT2D eigenvalue weighted by atomic mass is 10.2. The number of aromatic nitrogens is 2. The third-order valence-corrected chi connectivity index (χ3v) is 3.19. The van der Waals surface area contributed by atoms with Crippen LogP contribution in [0.1, 0.15) is 13.8 Å². The molecule has 0 saturated carbocycles. The van der Waals surface area contributed by atoms with E-state index in [1.54, 1.807) is 11.9 Å². The van der Waals surface area contributed by atoms with Gasteiger partial charge < -0.3 is 16.0 Å². The molecule has 1 aromatic carbocycles. The van der Waals surface area contributed by atoms with Gasteiger partial charge in [0.05, 0.1) is 5.52 Å². The molecule has 3 N–H and O–H groups in total. The van der Waals surface area contributed by atoms with Crippen molar-refractivity contribution in [3.05, 3.63) is 24.3 Å². The number of anilines is 2. The van der Waals surface area contributed by atoms with Gasteiger partial charge in [-0.25, -0.2) is 4.98 Å². The minimum absolute atomic E-state index is 0.00812. The fraction of sp³-hybridized carbons (Fsp3) is 0.357. The van der Waals surface area contributed by atoms with E-state index in [-0.39, 0.29) is 17.9 Å². The maximum absolute atomic E-state index is 12.1. The maximum Gasteiger partial charge on any atom is 0.244 e. The monoisotopic (exact) mass is 273 g/mol. The van der Waals surface area contributed by atoms with Crippen molar-refractivity contribution in [2.24, 2.45) is 0 Å². The van der Waals surface area contributed by atoms with Crippen molar-refractivity contribution >= 4 is 28.6 Å². The number of hydrogen-bond acceptors (Lipinski definition) is 5. The predicted octanol–water partition coefficient (Wildman–Crippen LogP) is 1.49. The third kappa shape index (κ3) is 2.79. The Morgan fingerprint density at radius 3 is 2.80 bits per heavy atom. The molecule has 6 heteroatoms. The van der Waals surface area contributed by atoms with Crippen LogP contribution in [0, 0.1) is 0 Å². The Bertz CT molecular complexity index is 628. The highest BCUT2D eigenvalue weighted by Gasteiger charge is 2.18. The summed E-state index contributed by atoms with van der Waals surface area (Å²) in [6.45, 7) is 4.40. The maximum atomic E-state index is 12.1. The number of hydrogen-bond donors (Lipinski definition) is 2. The van der Waals surface area contributed by atoms with Crippen molar-refractivity contribution < 1.29 is 4.79 Å². The summed E-state index contributed by atoms with van der Waals surface area (Å²) in [5.41, 5.74) is 6.46. The minimum atomic E-state index is -0.377. The SMILES string of the molecule is CCN(C)C(=O)C(C)Nc1nc(N)nc2ccccc12. The molecule has 0 saturated heterocycles. The summed E-state index contributed by atoms with van der Waals surface area (Å²) in [6, 6.07) is 7.18. The highest BCUT2D eigenvalue weighted by Crippen LogP contribution is 2.21. The molecule has 0 spiro atoms. The first-order chi connectivity index (χ1) is 9.52. The van der Waals surface area contributed by atoms with Crippen molar-refractivity contribution in [1.29, 1.82) is 0 Å². The third-order valence-electron chi connectivity index (χ3n) is 3.19. The number of nitrogens with zero attached hydrogens (tertiary/aromatic N) is 3. The van der Waals surface area contributed by atoms with Gasteiger partial charge >= 0.3 is 0 Å². The number of nitrogens with two attached hydrogens (primary N) is 1. The zero-order valence-electron chi connectivity index (χ0n) is 11.9. The van der Waals surface area contributed by atoms with Gasteiger partial charge in [0.15, 0.2) is 0 Å². The van der Waals surface area contributed by atoms with Gasteiger partial charge in [0.2, 0.25) is 11.9 Å². The second kappa shape index (κ2) is 5.73. The number of carbonyl (C=O) groups is 1. The van der Waals surface area contributed by atoms with Crippen LogP contribution in [0.5, 0.6) is 0 Å². The standard InChI is InChI=1S/C14H19N5O/c1-4-19(3)13(20)9(2)16-12-10-7-5-6-8-11(10)17-14(15)18-12/h5-9H,4H2,1-3H3,(H3,15,16,17,18). The number of benzene rings is 1. The summed E-state index contributed by atoms with van der Waals surface area (Å²) in [5, 5.41) is 3.97. The predicted molar refractivity (Wildman–Crippen MR) is 80.3 cm³/mol. The number of para-hydroxylation sites is 1. The number of rotatable bonds is 4. The van der Waals surface area contributed by atoms with E-state index in [1.807, 2.05) is 38.1 Å². The number of amides is 1. The number of nitrogens with one attached hydrogen (secondary N) is 1. The highest BCUT2D eigenvalue weighted by molar-refractivity contribution is 5.92. The molecule has 0 fully saturated rings. The Kier molecular flexibility index (Phi) is 4.02. The van der Waals surface area contributed by atoms with E-state index in [9.17, 15) is 4.79 Å². The van der Waals surface area contributed by atoms with Crippen LogP contribution in [0.25, 0.3) is 10.9 Å². The molecule has 1 unspecified atom stereocenters. The zero-order chi connectivity index (χ0) is 14.7. The van der Waals surface area contributed by atoms with Crippen molar-refractivity contribution in [2.75, 3.05) is 24.6 Å². The molecule has 106 valence electrons. The van der Waals surface area contributed by atoms with E-state index >= 15 is 0 Å². The average Bonchev–Trinajstić information content (AvgIpc) is 2.45. The highest BCUT2D eigenvalue weighted by atomic mass is 16.2. The van der Waals surface area contributed by atoms with Gasteiger partial charge in [-0.15, -0.1) is 0 Å². The molecule has 1 aromatic heterocycles. The quantitative estimate of drug-likeness (QED) is 0.881. The average molecular weight is 273 g/mol. The number of likely N-dealkylation sites (N-methyl/N-ethyl adjacent to an activating group) is 1. The van der Waals surface area contributed by atoms with Crippen molar-refractivity contribution in [3.63, 3.8) is 0 Å². The first-order valence-electron chi connectivity index (χ1n) is 6.56. The van der Waals surface area contributed by atoms with Gasteiger partial charge in [0.1, 0.15) is 11.9 Å². The molecule has 0 bridgehead atoms. The summed E-state index contributed by atoms with van der Waals surface area (Å²) in [7, 11) is 1.77. The number of fused-ring (bicyclic) bond motifs is 1. The molecular formula is C14H19N5O. The van der Waals surface area contributed by atoms with Crippen LogP contribution < -0.4 is 11.1 Å². The summed E-state index contributed by atoms with van der Waals surface area (Å²) >= 11 is 0. The van der Waals surface area contributed by atoms with Crippen molar-refractivity contribution in [1.82, 2.24) is 14.9 Å². The van der Waals surface area contributed by atoms with E-state index in [0.717, 1.165) is 10.9 Å². The van der Waals surface area contributed by atoms with Crippen LogP contribution in [0.3, 0.4) is 0 Å². The lowest BCUT2D eigenvalue weighted by Crippen LogP contribution is -2.39. The smallest absolute Gasteiger partial charge is 0.244 e. The summed E-state index contributed by atoms with van der Waals surface area (Å²) < 4.78 is 0. The van der Waals surface area contributed by atoms with Gasteiger partial charge in [-0.1, -0.05) is 12.1 Å². The Morgan fingerprint density at radius 1 is 1.40 bits per heavy atom. The van der Waals surface area contributed by atoms with Crippen LogP contribution in [0.2, 0.25) is 0 Å². The van der Waals surface area contributed by atoms with E-state index in [1.165, 1.54) is 0 Å². The largest absolute Gasteiger partial charge is 0.368 e. The lowest BCUT2D eigenvalue weighted by Gasteiger charge is -2.21. The van der Waals surface area contributed by atoms with Crippen LogP contribution in [0.15, 0.2) is 24.3 Å². The van der Waals surface area contributed by atoms with E-state index in [4.69, 9.17) is 5.73 Å². The van der Waals surface area contributed by atoms with Crippen LogP contribution in [-0.2, 0) is 4.79 Å². The molecule has 1 heterocycles. The van der Waals surface area contributed by atoms with Crippen LogP contribution >= 0.6 is 0 Å². The van der Waals surface area contributed by atoms with E-state index in [0.29, 0.717) is 12.4 Å². The fourth-order valence-electron chi connectivity index (χ4n) is 1.96. The van der Waals surface area contributed by atoms with Gasteiger partial charge in [-0.2, -0.15) is 4.98 Å². The first-order valence-corrected chi connectivity index (χ1v) is 6.56. The minimum Gasteiger partial charge on any atom is -0.368 e. The first kappa shape index (κ1) is 14.0. The topological polar surface area (TPSA) is 84.1 Å². The van der Waals surface area contributed by atoms with Crippen LogP contribution in [0.4, 0.5) is 11.8 Å². The second-order valence-corrected chi connectivity index (χ2v) is 4.67. The zero-order valence-corrected chi connectivity index (χ0v) is 11.9. The molecular weight excluding hydrogens is 254 g/mol. The summed E-state index contributed by atoms with van der Waals surface area (Å²) in [6.07, 6.45) is 0. The molecule has 1 atom stereocenters. The molecule has 2 rings (SSSR count). The molecule has 20 heavy (non-hydrogen) atoms. The molecule has 0 aliphatic heterocycles. The molecule has 0 radical (unpaired) electrons. The Balaban J connectivity index is 2.32. The summed E-state index contributed by atoms with van der Waals surface area (Å²) in [5.74, 6) is 0.780. The van der Waals surface area contributed by atoms with E-state index < -0.39 is 0 Å². The van der Waals surface area contributed by atoms with Crippen molar-refractivity contribution in [3.8, 4) is 0 Å². The Labute approximate surface area is 118 Å². The second-order valence-electron chi connectivity index (χ2n) is 4.67. The Morgan fingerprint density at radius 2 is 2.10 bits per heavy atom. The normalized spacial score (nSPS) is 12.2. The molecule has 6 nitrogen and oxygen atoms in total. The van der Waals surface area contributed by atoms with Crippen molar-refractivity contribution in [2.45, 2.75) is 19.9 Å². The van der Waals surface area contributed by atoms with Gasteiger partial charge in [0.25, 0.3) is 0 Å². The number of nitrogen functional groups attached to an aromatic ring is 1. The number of carbonyl (C=O) groups excluding carboxylic acids is 1. The van der Waals surface area contributed by atoms with Crippen LogP contribution in [-0.4, -0.2) is 40.4 Å². The molecule has 0 aliphatic carbocycles. The molecule has 1 amide bonds. The summed E-state index contributed by atoms with van der Waals surface area (Å²) in [4.78, 5) is 22.1.